The van der Waals surface area contributed by atoms with E-state index >= 15 is 0 Å². The number of hydrogen-bond donors (Lipinski definition) is 0. The molecular formula is C18H21BrFN3O2. The number of nitrogens with zero attached hydrogens (tertiary/aromatic N) is 3. The SMILES string of the molecule is CC(C)(C)OC(=O)N1CCC(c2nn(-c3ccc(F)cc3)cc2Br)C1. The van der Waals surface area contributed by atoms with Crippen LogP contribution in [0.4, 0.5) is 9.18 Å². The number of halogens is 2. The van der Waals surface area contributed by atoms with Crippen molar-refractivity contribution in [2.45, 2.75) is 38.7 Å². The van der Waals surface area contributed by atoms with E-state index in [2.05, 4.69) is 21.0 Å². The van der Waals surface area contributed by atoms with E-state index in [0.29, 0.717) is 13.1 Å². The smallest absolute Gasteiger partial charge is 0.410 e. The van der Waals surface area contributed by atoms with Crippen molar-refractivity contribution in [1.29, 1.82) is 0 Å². The fourth-order valence-corrected chi connectivity index (χ4v) is 3.44. The molecule has 5 nitrogen and oxygen atoms in total. The van der Waals surface area contributed by atoms with Gasteiger partial charge in [0.2, 0.25) is 0 Å². The van der Waals surface area contributed by atoms with Gasteiger partial charge in [-0.1, -0.05) is 0 Å². The number of benzene rings is 1. The first-order valence-electron chi connectivity index (χ1n) is 8.22. The summed E-state index contributed by atoms with van der Waals surface area (Å²) in [6.07, 6.45) is 2.40. The normalized spacial score (nSPS) is 17.8. The minimum atomic E-state index is -0.500. The molecule has 1 aromatic heterocycles. The Bertz CT molecular complexity index is 768. The number of aromatic nitrogens is 2. The van der Waals surface area contributed by atoms with E-state index in [4.69, 9.17) is 4.74 Å². The number of amides is 1. The highest BCUT2D eigenvalue weighted by Crippen LogP contribution is 2.32. The molecule has 1 saturated heterocycles. The van der Waals surface area contributed by atoms with E-state index in [1.54, 1.807) is 21.7 Å². The summed E-state index contributed by atoms with van der Waals surface area (Å²) in [5, 5.41) is 4.63. The van der Waals surface area contributed by atoms with Crippen LogP contribution in [0.2, 0.25) is 0 Å². The molecule has 0 radical (unpaired) electrons. The van der Waals surface area contributed by atoms with Gasteiger partial charge in [-0.15, -0.1) is 0 Å². The zero-order valence-corrected chi connectivity index (χ0v) is 16.1. The van der Waals surface area contributed by atoms with E-state index in [-0.39, 0.29) is 17.8 Å². The molecule has 1 fully saturated rings. The van der Waals surface area contributed by atoms with Crippen LogP contribution in [0.3, 0.4) is 0 Å². The quantitative estimate of drug-likeness (QED) is 0.733. The Kier molecular flexibility index (Phi) is 4.86. The molecule has 7 heteroatoms. The van der Waals surface area contributed by atoms with Crippen LogP contribution in [0.5, 0.6) is 0 Å². The Hall–Kier alpha value is -1.89. The summed E-state index contributed by atoms with van der Waals surface area (Å²) in [6.45, 7) is 6.81. The van der Waals surface area contributed by atoms with Gasteiger partial charge in [0.25, 0.3) is 0 Å². The van der Waals surface area contributed by atoms with Crippen LogP contribution in [0.25, 0.3) is 5.69 Å². The molecule has 1 amide bonds. The van der Waals surface area contributed by atoms with Gasteiger partial charge in [-0.3, -0.25) is 0 Å². The molecule has 25 heavy (non-hydrogen) atoms. The van der Waals surface area contributed by atoms with Gasteiger partial charge in [-0.05, 0) is 67.4 Å². The molecule has 0 bridgehead atoms. The molecule has 1 unspecified atom stereocenters. The average molecular weight is 410 g/mol. The Morgan fingerprint density at radius 1 is 1.32 bits per heavy atom. The minimum absolute atomic E-state index is 0.142. The lowest BCUT2D eigenvalue weighted by Gasteiger charge is -2.24. The average Bonchev–Trinajstić information content (AvgIpc) is 3.13. The summed E-state index contributed by atoms with van der Waals surface area (Å²) in [5.74, 6) is -0.136. The van der Waals surface area contributed by atoms with Gasteiger partial charge >= 0.3 is 6.09 Å². The second-order valence-corrected chi connectivity index (χ2v) is 8.05. The van der Waals surface area contributed by atoms with Gasteiger partial charge < -0.3 is 9.64 Å². The molecule has 1 aliphatic heterocycles. The number of hydrogen-bond acceptors (Lipinski definition) is 3. The van der Waals surface area contributed by atoms with E-state index in [9.17, 15) is 9.18 Å². The lowest BCUT2D eigenvalue weighted by molar-refractivity contribution is 0.0292. The monoisotopic (exact) mass is 409 g/mol. The fourth-order valence-electron chi connectivity index (χ4n) is 2.84. The molecule has 3 rings (SSSR count). The van der Waals surface area contributed by atoms with Gasteiger partial charge in [0.05, 0.1) is 15.9 Å². The maximum absolute atomic E-state index is 13.1. The van der Waals surface area contributed by atoms with Crippen molar-refractivity contribution in [2.75, 3.05) is 13.1 Å². The third-order valence-electron chi connectivity index (χ3n) is 4.01. The first-order chi connectivity index (χ1) is 11.7. The summed E-state index contributed by atoms with van der Waals surface area (Å²) in [5.41, 5.74) is 1.19. The van der Waals surface area contributed by atoms with Crippen LogP contribution in [-0.2, 0) is 4.74 Å². The molecule has 0 saturated carbocycles. The largest absolute Gasteiger partial charge is 0.444 e. The fraction of sp³-hybridized carbons (Fsp3) is 0.444. The molecule has 1 atom stereocenters. The highest BCUT2D eigenvalue weighted by Gasteiger charge is 2.32. The Labute approximate surface area is 154 Å². The summed E-state index contributed by atoms with van der Waals surface area (Å²) >= 11 is 3.55. The maximum atomic E-state index is 13.1. The standard InChI is InChI=1S/C18H21BrFN3O2/c1-18(2,3)25-17(24)22-9-8-12(10-22)16-15(19)11-23(21-16)14-6-4-13(20)5-7-14/h4-7,11-12H,8-10H2,1-3H3. The van der Waals surface area contributed by atoms with Gasteiger partial charge in [0.15, 0.2) is 0 Å². The molecule has 2 heterocycles. The van der Waals surface area contributed by atoms with E-state index in [1.165, 1.54) is 12.1 Å². The Morgan fingerprint density at radius 3 is 2.64 bits per heavy atom. The highest BCUT2D eigenvalue weighted by molar-refractivity contribution is 9.10. The van der Waals surface area contributed by atoms with Crippen LogP contribution in [0, 0.1) is 5.82 Å². The van der Waals surface area contributed by atoms with Gasteiger partial charge in [-0.25, -0.2) is 13.9 Å². The summed E-state index contributed by atoms with van der Waals surface area (Å²) in [6, 6.07) is 6.18. The number of carbonyl (C=O) groups excluding carboxylic acids is 1. The number of ether oxygens (including phenoxy) is 1. The zero-order chi connectivity index (χ0) is 18.2. The molecule has 2 aromatic rings. The summed E-state index contributed by atoms with van der Waals surface area (Å²) in [4.78, 5) is 13.9. The molecule has 1 aliphatic rings. The van der Waals surface area contributed by atoms with Crippen molar-refractivity contribution < 1.29 is 13.9 Å². The molecule has 0 aliphatic carbocycles. The third kappa shape index (κ3) is 4.21. The van der Waals surface area contributed by atoms with Crippen molar-refractivity contribution in [2.24, 2.45) is 0 Å². The number of carbonyl (C=O) groups is 1. The van der Waals surface area contributed by atoms with E-state index < -0.39 is 5.60 Å². The molecular weight excluding hydrogens is 389 g/mol. The Morgan fingerprint density at radius 2 is 2.00 bits per heavy atom. The zero-order valence-electron chi connectivity index (χ0n) is 14.5. The Balaban J connectivity index is 1.73. The van der Waals surface area contributed by atoms with Gasteiger partial charge in [0, 0.05) is 25.2 Å². The van der Waals surface area contributed by atoms with Crippen LogP contribution < -0.4 is 0 Å². The predicted molar refractivity (Wildman–Crippen MR) is 96.4 cm³/mol. The minimum Gasteiger partial charge on any atom is -0.444 e. The second kappa shape index (κ2) is 6.78. The van der Waals surface area contributed by atoms with Crippen molar-refractivity contribution in [3.05, 3.63) is 46.4 Å². The maximum Gasteiger partial charge on any atom is 0.410 e. The summed E-state index contributed by atoms with van der Waals surface area (Å²) < 4.78 is 21.1. The van der Waals surface area contributed by atoms with Crippen molar-refractivity contribution in [3.63, 3.8) is 0 Å². The third-order valence-corrected chi connectivity index (χ3v) is 4.62. The molecule has 134 valence electrons. The topological polar surface area (TPSA) is 47.4 Å². The first kappa shape index (κ1) is 17.9. The van der Waals surface area contributed by atoms with E-state index in [0.717, 1.165) is 22.3 Å². The lowest BCUT2D eigenvalue weighted by Crippen LogP contribution is -2.35. The molecule has 0 N–H and O–H groups in total. The van der Waals surface area contributed by atoms with Gasteiger partial charge in [0.1, 0.15) is 11.4 Å². The van der Waals surface area contributed by atoms with E-state index in [1.807, 2.05) is 27.0 Å². The van der Waals surface area contributed by atoms with Crippen molar-refractivity contribution in [1.82, 2.24) is 14.7 Å². The lowest BCUT2D eigenvalue weighted by atomic mass is 10.1. The highest BCUT2D eigenvalue weighted by atomic mass is 79.9. The number of rotatable bonds is 2. The van der Waals surface area contributed by atoms with Crippen LogP contribution in [0.15, 0.2) is 34.9 Å². The second-order valence-electron chi connectivity index (χ2n) is 7.20. The first-order valence-corrected chi connectivity index (χ1v) is 9.01. The number of likely N-dealkylation sites (tertiary alicyclic amines) is 1. The van der Waals surface area contributed by atoms with Crippen LogP contribution in [-0.4, -0.2) is 39.5 Å². The van der Waals surface area contributed by atoms with Crippen molar-refractivity contribution in [3.8, 4) is 5.69 Å². The molecule has 0 spiro atoms. The van der Waals surface area contributed by atoms with Crippen LogP contribution in [0.1, 0.15) is 38.8 Å². The van der Waals surface area contributed by atoms with Gasteiger partial charge in [-0.2, -0.15) is 5.10 Å². The van der Waals surface area contributed by atoms with Crippen molar-refractivity contribution >= 4 is 22.0 Å². The predicted octanol–water partition coefficient (Wildman–Crippen LogP) is 4.50. The van der Waals surface area contributed by atoms with Crippen LogP contribution >= 0.6 is 15.9 Å². The molecule has 1 aromatic carbocycles. The summed E-state index contributed by atoms with van der Waals surface area (Å²) in [7, 11) is 0.